The number of sulfonamides is 1. The Labute approximate surface area is 153 Å². The van der Waals surface area contributed by atoms with Gasteiger partial charge in [0.05, 0.1) is 10.6 Å². The summed E-state index contributed by atoms with van der Waals surface area (Å²) < 4.78 is 27.5. The van der Waals surface area contributed by atoms with E-state index in [-0.39, 0.29) is 0 Å². The molecule has 2 heterocycles. The Kier molecular flexibility index (Phi) is 4.34. The van der Waals surface area contributed by atoms with Crippen LogP contribution in [0.2, 0.25) is 0 Å². The normalized spacial score (nSPS) is 16.1. The van der Waals surface area contributed by atoms with Crippen LogP contribution in [0.15, 0.2) is 59.5 Å². The molecule has 0 spiro atoms. The van der Waals surface area contributed by atoms with E-state index in [1.807, 2.05) is 49.4 Å². The fraction of sp³-hybridized carbons (Fsp3) is 0.263. The number of aromatic nitrogens is 2. The van der Waals surface area contributed by atoms with Crippen LogP contribution in [0.1, 0.15) is 5.69 Å². The van der Waals surface area contributed by atoms with Gasteiger partial charge in [0.1, 0.15) is 0 Å². The van der Waals surface area contributed by atoms with E-state index in [0.29, 0.717) is 31.1 Å². The van der Waals surface area contributed by atoms with E-state index in [4.69, 9.17) is 0 Å². The van der Waals surface area contributed by atoms with Gasteiger partial charge in [-0.3, -0.25) is 0 Å². The molecule has 7 heteroatoms. The first-order valence-corrected chi connectivity index (χ1v) is 10.0. The number of benzene rings is 2. The monoisotopic (exact) mass is 368 g/mol. The van der Waals surface area contributed by atoms with E-state index < -0.39 is 10.0 Å². The van der Waals surface area contributed by atoms with Gasteiger partial charge in [0, 0.05) is 26.2 Å². The van der Waals surface area contributed by atoms with Crippen LogP contribution in [0.5, 0.6) is 0 Å². The third kappa shape index (κ3) is 3.15. The zero-order valence-corrected chi connectivity index (χ0v) is 15.4. The summed E-state index contributed by atoms with van der Waals surface area (Å²) in [5.74, 6) is 0.790. The predicted octanol–water partition coefficient (Wildman–Crippen LogP) is 2.45. The maximum Gasteiger partial charge on any atom is 0.243 e. The number of aryl methyl sites for hydroxylation is 1. The maximum atomic E-state index is 13.0. The van der Waals surface area contributed by atoms with Crippen LogP contribution in [0.25, 0.3) is 10.8 Å². The molecule has 1 aliphatic rings. The number of rotatable bonds is 3. The van der Waals surface area contributed by atoms with Crippen molar-refractivity contribution in [2.75, 3.05) is 31.1 Å². The van der Waals surface area contributed by atoms with Gasteiger partial charge in [0.15, 0.2) is 5.82 Å². The summed E-state index contributed by atoms with van der Waals surface area (Å²) in [7, 11) is -3.50. The second-order valence-electron chi connectivity index (χ2n) is 6.43. The highest BCUT2D eigenvalue weighted by atomic mass is 32.2. The minimum atomic E-state index is -3.50. The maximum absolute atomic E-state index is 13.0. The van der Waals surface area contributed by atoms with Gasteiger partial charge in [0.2, 0.25) is 10.0 Å². The molecule has 1 aliphatic heterocycles. The largest absolute Gasteiger partial charge is 0.352 e. The highest BCUT2D eigenvalue weighted by Crippen LogP contribution is 2.23. The van der Waals surface area contributed by atoms with Crippen molar-refractivity contribution in [1.29, 1.82) is 0 Å². The van der Waals surface area contributed by atoms with Crippen LogP contribution < -0.4 is 4.90 Å². The highest BCUT2D eigenvalue weighted by Gasteiger charge is 2.29. The molecule has 6 nitrogen and oxygen atoms in total. The lowest BCUT2D eigenvalue weighted by atomic mass is 10.1. The average molecular weight is 368 g/mol. The first-order chi connectivity index (χ1) is 12.5. The van der Waals surface area contributed by atoms with Gasteiger partial charge in [0.25, 0.3) is 0 Å². The number of piperazine rings is 1. The number of nitrogens with zero attached hydrogens (tertiary/aromatic N) is 4. The van der Waals surface area contributed by atoms with Crippen molar-refractivity contribution in [3.8, 4) is 0 Å². The summed E-state index contributed by atoms with van der Waals surface area (Å²) in [6.07, 6.45) is 0. The number of hydrogen-bond acceptors (Lipinski definition) is 5. The molecule has 0 amide bonds. The number of hydrogen-bond donors (Lipinski definition) is 0. The molecule has 134 valence electrons. The lowest BCUT2D eigenvalue weighted by Gasteiger charge is -2.34. The Balaban J connectivity index is 1.52. The Morgan fingerprint density at radius 3 is 2.27 bits per heavy atom. The summed E-state index contributed by atoms with van der Waals surface area (Å²) in [6, 6.07) is 16.9. The van der Waals surface area contributed by atoms with E-state index >= 15 is 0 Å². The molecule has 1 saturated heterocycles. The molecule has 1 aromatic heterocycles. The summed E-state index contributed by atoms with van der Waals surface area (Å²) >= 11 is 0. The van der Waals surface area contributed by atoms with Crippen molar-refractivity contribution in [2.45, 2.75) is 11.8 Å². The van der Waals surface area contributed by atoms with Crippen LogP contribution in [-0.4, -0.2) is 49.1 Å². The second kappa shape index (κ2) is 6.66. The molecule has 0 atom stereocenters. The van der Waals surface area contributed by atoms with Crippen molar-refractivity contribution in [1.82, 2.24) is 14.5 Å². The molecule has 0 N–H and O–H groups in total. The smallest absolute Gasteiger partial charge is 0.243 e. The lowest BCUT2D eigenvalue weighted by molar-refractivity contribution is 0.383. The zero-order chi connectivity index (χ0) is 18.1. The third-order valence-corrected chi connectivity index (χ3v) is 6.60. The minimum absolute atomic E-state index is 0.347. The Hall–Kier alpha value is -2.51. The van der Waals surface area contributed by atoms with Crippen molar-refractivity contribution in [2.24, 2.45) is 0 Å². The molecular formula is C19H20N4O2S. The van der Waals surface area contributed by atoms with Gasteiger partial charge in [-0.25, -0.2) is 8.42 Å². The van der Waals surface area contributed by atoms with Gasteiger partial charge < -0.3 is 4.90 Å². The van der Waals surface area contributed by atoms with Crippen LogP contribution >= 0.6 is 0 Å². The lowest BCUT2D eigenvalue weighted by Crippen LogP contribution is -2.49. The van der Waals surface area contributed by atoms with Crippen molar-refractivity contribution < 1.29 is 8.42 Å². The van der Waals surface area contributed by atoms with E-state index in [1.165, 1.54) is 0 Å². The molecule has 2 aromatic carbocycles. The molecule has 0 radical (unpaired) electrons. The van der Waals surface area contributed by atoms with Crippen molar-refractivity contribution in [3.63, 3.8) is 0 Å². The van der Waals surface area contributed by atoms with Crippen LogP contribution in [-0.2, 0) is 10.0 Å². The molecular weight excluding hydrogens is 348 g/mol. The van der Waals surface area contributed by atoms with Gasteiger partial charge in [-0.2, -0.15) is 9.40 Å². The van der Waals surface area contributed by atoms with E-state index in [0.717, 1.165) is 22.3 Å². The second-order valence-corrected chi connectivity index (χ2v) is 8.37. The molecule has 0 aliphatic carbocycles. The molecule has 26 heavy (non-hydrogen) atoms. The SMILES string of the molecule is Cc1ccc(N2CCN(S(=O)(=O)c3ccc4ccccc4c3)CC2)nn1. The topological polar surface area (TPSA) is 66.4 Å². The van der Waals surface area contributed by atoms with Crippen LogP contribution in [0.3, 0.4) is 0 Å². The molecule has 3 aromatic rings. The first kappa shape index (κ1) is 16.9. The van der Waals surface area contributed by atoms with Gasteiger partial charge in [-0.05, 0) is 42.0 Å². The van der Waals surface area contributed by atoms with Crippen molar-refractivity contribution >= 4 is 26.6 Å². The zero-order valence-electron chi connectivity index (χ0n) is 14.5. The molecule has 0 saturated carbocycles. The number of anilines is 1. The molecule has 0 unspecified atom stereocenters. The fourth-order valence-corrected chi connectivity index (χ4v) is 4.65. The van der Waals surface area contributed by atoms with E-state index in [9.17, 15) is 8.42 Å². The molecule has 0 bridgehead atoms. The van der Waals surface area contributed by atoms with Crippen LogP contribution in [0, 0.1) is 6.92 Å². The summed E-state index contributed by atoms with van der Waals surface area (Å²) in [4.78, 5) is 2.42. The summed E-state index contributed by atoms with van der Waals surface area (Å²) in [6.45, 7) is 3.97. The standard InChI is InChI=1S/C19H20N4O2S/c1-15-6-9-19(21-20-15)22-10-12-23(13-11-22)26(24,25)18-8-7-16-4-2-3-5-17(16)14-18/h2-9,14H,10-13H2,1H3. The van der Waals surface area contributed by atoms with Crippen LogP contribution in [0.4, 0.5) is 5.82 Å². The molecule has 4 rings (SSSR count). The Morgan fingerprint density at radius 1 is 0.846 bits per heavy atom. The summed E-state index contributed by atoms with van der Waals surface area (Å²) in [5.41, 5.74) is 0.867. The first-order valence-electron chi connectivity index (χ1n) is 8.58. The summed E-state index contributed by atoms with van der Waals surface area (Å²) in [5, 5.41) is 10.2. The Bertz CT molecular complexity index is 1030. The number of fused-ring (bicyclic) bond motifs is 1. The third-order valence-electron chi connectivity index (χ3n) is 4.71. The highest BCUT2D eigenvalue weighted by molar-refractivity contribution is 7.89. The minimum Gasteiger partial charge on any atom is -0.352 e. The predicted molar refractivity (Wildman–Crippen MR) is 102 cm³/mol. The molecule has 1 fully saturated rings. The Morgan fingerprint density at radius 2 is 1.58 bits per heavy atom. The van der Waals surface area contributed by atoms with E-state index in [2.05, 4.69) is 15.1 Å². The van der Waals surface area contributed by atoms with Crippen molar-refractivity contribution in [3.05, 3.63) is 60.3 Å². The van der Waals surface area contributed by atoms with Gasteiger partial charge in [-0.1, -0.05) is 30.3 Å². The quantitative estimate of drug-likeness (QED) is 0.710. The van der Waals surface area contributed by atoms with Gasteiger partial charge in [-0.15, -0.1) is 5.10 Å². The van der Waals surface area contributed by atoms with E-state index in [1.54, 1.807) is 16.4 Å². The fourth-order valence-electron chi connectivity index (χ4n) is 3.20. The average Bonchev–Trinajstić information content (AvgIpc) is 2.68. The van der Waals surface area contributed by atoms with Gasteiger partial charge >= 0.3 is 0 Å².